The van der Waals surface area contributed by atoms with Crippen LogP contribution in [0.4, 0.5) is 11.4 Å². The maximum absolute atomic E-state index is 12.4. The summed E-state index contributed by atoms with van der Waals surface area (Å²) in [7, 11) is -4.44. The van der Waals surface area contributed by atoms with Crippen LogP contribution >= 0.6 is 0 Å². The number of benzene rings is 3. The summed E-state index contributed by atoms with van der Waals surface area (Å²) in [5.74, 6) is -0.912. The maximum atomic E-state index is 12.4. The summed E-state index contributed by atoms with van der Waals surface area (Å²) in [4.78, 5) is 45.5. The quantitative estimate of drug-likeness (QED) is 0.0638. The highest BCUT2D eigenvalue weighted by Crippen LogP contribution is 2.49. The van der Waals surface area contributed by atoms with E-state index in [0.717, 1.165) is 62.6 Å². The topological polar surface area (TPSA) is 136 Å². The number of unbranched alkanes of at least 4 members (excludes halogenated alkanes) is 2. The zero-order valence-electron chi connectivity index (χ0n) is 33.9. The summed E-state index contributed by atoms with van der Waals surface area (Å²) in [5, 5.41) is 1.54. The predicted molar refractivity (Wildman–Crippen MR) is 226 cm³/mol. The van der Waals surface area contributed by atoms with Crippen LogP contribution < -0.4 is 9.80 Å². The minimum atomic E-state index is -4.44. The first-order valence-electron chi connectivity index (χ1n) is 19.8. The van der Waals surface area contributed by atoms with Gasteiger partial charge in [0.05, 0.1) is 39.2 Å². The van der Waals surface area contributed by atoms with Gasteiger partial charge >= 0.3 is 17.3 Å². The number of carbonyl (C=O) groups excluding carboxylic acids is 3. The molecule has 1 aromatic heterocycles. The molecule has 58 heavy (non-hydrogen) atoms. The van der Waals surface area contributed by atoms with Crippen LogP contribution in [0, 0.1) is 0 Å². The summed E-state index contributed by atoms with van der Waals surface area (Å²) in [6.45, 7) is 14.2. The zero-order chi connectivity index (χ0) is 41.6. The Morgan fingerprint density at radius 1 is 0.931 bits per heavy atom. The van der Waals surface area contributed by atoms with E-state index in [9.17, 15) is 27.4 Å². The van der Waals surface area contributed by atoms with Crippen LogP contribution in [0.2, 0.25) is 0 Å². The van der Waals surface area contributed by atoms with Gasteiger partial charge in [-0.2, -0.15) is 8.42 Å². The number of hydrogen-bond acceptors (Lipinski definition) is 8. The second-order valence-corrected chi connectivity index (χ2v) is 17.6. The Balaban J connectivity index is 1.22. The van der Waals surface area contributed by atoms with Crippen molar-refractivity contribution in [3.8, 4) is 11.3 Å². The monoisotopic (exact) mass is 804 g/mol. The third kappa shape index (κ3) is 7.82. The zero-order valence-corrected chi connectivity index (χ0v) is 34.7. The van der Waals surface area contributed by atoms with Gasteiger partial charge in [-0.15, -0.1) is 5.06 Å². The van der Waals surface area contributed by atoms with E-state index in [0.29, 0.717) is 30.9 Å². The van der Waals surface area contributed by atoms with E-state index in [2.05, 4.69) is 73.9 Å². The number of nitrogens with zero attached hydrogens (tertiary/aromatic N) is 3. The summed E-state index contributed by atoms with van der Waals surface area (Å²) in [6.07, 6.45) is 10.4. The molecule has 3 aliphatic heterocycles. The van der Waals surface area contributed by atoms with Crippen LogP contribution in [-0.4, -0.2) is 54.4 Å². The predicted octanol–water partition coefficient (Wildman–Crippen LogP) is 9.51. The molecule has 0 atom stereocenters. The van der Waals surface area contributed by atoms with E-state index in [4.69, 9.17) is 9.25 Å². The number of allylic oxidation sites excluding steroid dienone is 4. The SMILES string of the molecule is CCN1c2cc3[o+]c(-c4ccccc4)cc(/C=C/C=C4/N(CCCCCC(=O)ON5C(=O)CCC5=O)c5ccc(S(=O)(=O)O)cc5C4(C)C)c3cc2C(C)=CC1(C)C. The first-order valence-corrected chi connectivity index (χ1v) is 21.3. The molecule has 4 aromatic rings. The van der Waals surface area contributed by atoms with E-state index in [1.807, 2.05) is 50.3 Å². The number of imide groups is 1. The summed E-state index contributed by atoms with van der Waals surface area (Å²) in [5.41, 5.74) is 7.91. The lowest BCUT2D eigenvalue weighted by atomic mass is 9.83. The number of fused-ring (bicyclic) bond motifs is 3. The van der Waals surface area contributed by atoms with Crippen molar-refractivity contribution in [1.82, 2.24) is 5.06 Å². The van der Waals surface area contributed by atoms with E-state index in [1.54, 1.807) is 6.07 Å². The van der Waals surface area contributed by atoms with Gasteiger partial charge in [0, 0.05) is 60.3 Å². The Morgan fingerprint density at radius 2 is 1.66 bits per heavy atom. The molecule has 302 valence electrons. The summed E-state index contributed by atoms with van der Waals surface area (Å²) >= 11 is 0. The van der Waals surface area contributed by atoms with Crippen molar-refractivity contribution in [3.63, 3.8) is 0 Å². The smallest absolute Gasteiger partial charge is 0.362 e. The van der Waals surface area contributed by atoms with Crippen molar-refractivity contribution < 1.29 is 36.6 Å². The lowest BCUT2D eigenvalue weighted by Crippen LogP contribution is -2.44. The van der Waals surface area contributed by atoms with Crippen molar-refractivity contribution in [2.75, 3.05) is 22.9 Å². The molecule has 12 heteroatoms. The fourth-order valence-corrected chi connectivity index (χ4v) is 9.07. The summed E-state index contributed by atoms with van der Waals surface area (Å²) < 4.78 is 41.0. The molecule has 3 aromatic carbocycles. The van der Waals surface area contributed by atoms with Crippen molar-refractivity contribution in [3.05, 3.63) is 107 Å². The average Bonchev–Trinajstić information content (AvgIpc) is 3.59. The molecule has 0 unspecified atom stereocenters. The first-order chi connectivity index (χ1) is 27.5. The van der Waals surface area contributed by atoms with Gasteiger partial charge in [0.1, 0.15) is 0 Å². The molecular weight excluding hydrogens is 755 g/mol. The third-order valence-electron chi connectivity index (χ3n) is 11.4. The minimum absolute atomic E-state index is 0.0403. The highest BCUT2D eigenvalue weighted by atomic mass is 32.2. The van der Waals surface area contributed by atoms with Crippen LogP contribution in [0.15, 0.2) is 100.0 Å². The fourth-order valence-electron chi connectivity index (χ4n) is 8.56. The molecule has 0 bridgehead atoms. The van der Waals surface area contributed by atoms with Crippen molar-refractivity contribution >= 4 is 61.9 Å². The molecule has 1 N–H and O–H groups in total. The van der Waals surface area contributed by atoms with Crippen LogP contribution in [0.5, 0.6) is 0 Å². The molecule has 1 saturated heterocycles. The van der Waals surface area contributed by atoms with Crippen LogP contribution in [0.1, 0.15) is 96.8 Å². The molecule has 1 fully saturated rings. The van der Waals surface area contributed by atoms with E-state index >= 15 is 0 Å². The van der Waals surface area contributed by atoms with Gasteiger partial charge < -0.3 is 14.6 Å². The molecule has 2 amide bonds. The van der Waals surface area contributed by atoms with Gasteiger partial charge in [-0.1, -0.05) is 56.7 Å². The largest absolute Gasteiger partial charge is 0.363 e. The van der Waals surface area contributed by atoms with Crippen molar-refractivity contribution in [1.29, 1.82) is 0 Å². The van der Waals surface area contributed by atoms with Crippen molar-refractivity contribution in [2.45, 2.75) is 95.9 Å². The lowest BCUT2D eigenvalue weighted by molar-refractivity contribution is -0.197. The molecule has 0 radical (unpaired) electrons. The molecular formula is C46H50N3O8S+. The second kappa shape index (κ2) is 15.6. The third-order valence-corrected chi connectivity index (χ3v) is 12.3. The van der Waals surface area contributed by atoms with Crippen LogP contribution in [-0.2, 0) is 34.8 Å². The molecule has 4 heterocycles. The highest BCUT2D eigenvalue weighted by molar-refractivity contribution is 7.85. The summed E-state index contributed by atoms with van der Waals surface area (Å²) in [6, 6.07) is 21.1. The van der Waals surface area contributed by atoms with Crippen LogP contribution in [0.3, 0.4) is 0 Å². The molecule has 11 nitrogen and oxygen atoms in total. The number of hydrogen-bond donors (Lipinski definition) is 1. The number of rotatable bonds is 12. The second-order valence-electron chi connectivity index (χ2n) is 16.2. The number of anilines is 2. The highest BCUT2D eigenvalue weighted by Gasteiger charge is 2.41. The van der Waals surface area contributed by atoms with Gasteiger partial charge in [-0.05, 0) is 94.1 Å². The Labute approximate surface area is 340 Å². The minimum Gasteiger partial charge on any atom is -0.362 e. The van der Waals surface area contributed by atoms with Crippen molar-refractivity contribution in [2.24, 2.45) is 0 Å². The van der Waals surface area contributed by atoms with Gasteiger partial charge in [0.2, 0.25) is 0 Å². The number of likely N-dealkylation sites (N-methyl/N-ethyl adjacent to an activating group) is 1. The maximum Gasteiger partial charge on any atom is 0.363 e. The average molecular weight is 805 g/mol. The lowest BCUT2D eigenvalue weighted by Gasteiger charge is -2.42. The molecule has 7 rings (SSSR count). The van der Waals surface area contributed by atoms with Crippen LogP contribution in [0.25, 0.3) is 33.9 Å². The Kier molecular flexibility index (Phi) is 10.9. The number of hydroxylamine groups is 2. The Morgan fingerprint density at radius 3 is 2.34 bits per heavy atom. The Bertz CT molecular complexity index is 2500. The number of carbonyl (C=O) groups is 3. The van der Waals surface area contributed by atoms with E-state index in [1.165, 1.54) is 17.7 Å². The van der Waals surface area contributed by atoms with Gasteiger partial charge in [0.15, 0.2) is 0 Å². The van der Waals surface area contributed by atoms with Gasteiger partial charge in [0.25, 0.3) is 21.9 Å². The van der Waals surface area contributed by atoms with Gasteiger partial charge in [-0.3, -0.25) is 14.1 Å². The Hall–Kier alpha value is -5.59. The molecule has 0 spiro atoms. The standard InChI is InChI=1S/C46H49N3O8S/c1-7-48-38-28-40-35(27-34(38)30(2)29-45(48,3)4)32(25-39(56-40)31-15-10-8-11-16-31)17-14-18-41-46(5,6)36-26-33(58(53,54)55)20-21-37(36)47(41)24-13-9-12-19-44(52)57-49-42(50)22-23-43(49)51/h8,10-11,14-18,20-21,25-29H,7,9,12-13,19,22-24H2,1-6H3/p+1/b17-14+,41-18+. The van der Waals surface area contributed by atoms with E-state index < -0.39 is 33.3 Å². The molecule has 0 aliphatic carbocycles. The van der Waals surface area contributed by atoms with E-state index in [-0.39, 0.29) is 29.7 Å². The first kappa shape index (κ1) is 40.6. The van der Waals surface area contributed by atoms with Gasteiger partial charge in [-0.25, -0.2) is 9.21 Å². The fraction of sp³-hybridized carbons (Fsp3) is 0.348. The number of amides is 2. The molecule has 0 saturated carbocycles. The normalized spacial score (nSPS) is 18.0. The molecule has 3 aliphatic rings.